The monoisotopic (exact) mass is 429 g/mol. The topological polar surface area (TPSA) is 53.2 Å². The number of thiocarbonyl (C=S) groups is 1. The molecule has 0 heterocycles. The number of carbonyl (C=O) groups is 1. The summed E-state index contributed by atoms with van der Waals surface area (Å²) in [5, 5.41) is 8.75. The van der Waals surface area contributed by atoms with Crippen LogP contribution in [0.1, 0.15) is 21.5 Å². The van der Waals surface area contributed by atoms with Crippen LogP contribution in [-0.2, 0) is 0 Å². The molecule has 0 bridgehead atoms. The Kier molecular flexibility index (Phi) is 7.12. The van der Waals surface area contributed by atoms with Crippen molar-refractivity contribution in [3.05, 3.63) is 65.2 Å². The standard InChI is InChI=1S/C18H18Cl3N3OS/c1-11-8-9-14(12(2)10-11)22-17(26)24-16(18(19,20)21)23-15(25)13-6-4-3-5-7-13/h3-10,16H,1-2H3,(H,23,25)(H2,22,24,26)/t16-/m0/s1. The molecule has 138 valence electrons. The number of nitrogens with one attached hydrogen (secondary N) is 3. The van der Waals surface area contributed by atoms with E-state index in [0.29, 0.717) is 5.56 Å². The van der Waals surface area contributed by atoms with Gasteiger partial charge in [0.1, 0.15) is 6.17 Å². The summed E-state index contributed by atoms with van der Waals surface area (Å²) in [6.07, 6.45) is -1.02. The summed E-state index contributed by atoms with van der Waals surface area (Å²) in [7, 11) is 0. The fourth-order valence-corrected chi connectivity index (χ4v) is 2.80. The van der Waals surface area contributed by atoms with Gasteiger partial charge in [-0.25, -0.2) is 0 Å². The number of benzene rings is 2. The molecule has 0 radical (unpaired) electrons. The molecule has 0 fully saturated rings. The molecule has 0 spiro atoms. The van der Waals surface area contributed by atoms with E-state index in [1.807, 2.05) is 38.1 Å². The fraction of sp³-hybridized carbons (Fsp3) is 0.222. The predicted octanol–water partition coefficient (Wildman–Crippen LogP) is 4.72. The van der Waals surface area contributed by atoms with Gasteiger partial charge in [-0.05, 0) is 49.8 Å². The average molecular weight is 431 g/mol. The van der Waals surface area contributed by atoms with Crippen LogP contribution in [0.4, 0.5) is 5.69 Å². The van der Waals surface area contributed by atoms with E-state index < -0.39 is 9.96 Å². The van der Waals surface area contributed by atoms with Gasteiger partial charge in [-0.1, -0.05) is 70.7 Å². The Balaban J connectivity index is 2.07. The van der Waals surface area contributed by atoms with Gasteiger partial charge in [0, 0.05) is 11.3 Å². The molecule has 8 heteroatoms. The molecule has 0 unspecified atom stereocenters. The number of aryl methyl sites for hydroxylation is 2. The largest absolute Gasteiger partial charge is 0.339 e. The maximum atomic E-state index is 12.3. The summed E-state index contributed by atoms with van der Waals surface area (Å²) >= 11 is 23.3. The average Bonchev–Trinajstić information content (AvgIpc) is 2.56. The Labute approximate surface area is 173 Å². The minimum absolute atomic E-state index is 0.224. The highest BCUT2D eigenvalue weighted by atomic mass is 35.6. The number of rotatable bonds is 4. The van der Waals surface area contributed by atoms with Gasteiger partial charge >= 0.3 is 0 Å². The molecule has 2 aromatic rings. The van der Waals surface area contributed by atoms with E-state index in [4.69, 9.17) is 47.0 Å². The van der Waals surface area contributed by atoms with Gasteiger partial charge in [0.2, 0.25) is 3.79 Å². The second-order valence-electron chi connectivity index (χ2n) is 5.73. The minimum atomic E-state index is -1.81. The number of amides is 1. The van der Waals surface area contributed by atoms with Crippen molar-refractivity contribution in [2.24, 2.45) is 0 Å². The van der Waals surface area contributed by atoms with Crippen LogP contribution in [0, 0.1) is 13.8 Å². The number of halogens is 3. The van der Waals surface area contributed by atoms with Crippen molar-refractivity contribution in [3.63, 3.8) is 0 Å². The molecule has 0 aromatic heterocycles. The first-order valence-corrected chi connectivity index (χ1v) is 9.28. The second kappa shape index (κ2) is 8.91. The predicted molar refractivity (Wildman–Crippen MR) is 113 cm³/mol. The quantitative estimate of drug-likeness (QED) is 0.373. The molecule has 0 aliphatic rings. The summed E-state index contributed by atoms with van der Waals surface area (Å²) in [5.41, 5.74) is 3.43. The zero-order valence-corrected chi connectivity index (χ0v) is 17.2. The third-order valence-electron chi connectivity index (χ3n) is 3.54. The normalized spacial score (nSPS) is 12.2. The highest BCUT2D eigenvalue weighted by Crippen LogP contribution is 2.29. The van der Waals surface area contributed by atoms with E-state index in [9.17, 15) is 4.79 Å². The Bertz CT molecular complexity index is 794. The maximum Gasteiger partial charge on any atom is 0.252 e. The lowest BCUT2D eigenvalue weighted by molar-refractivity contribution is 0.0934. The molecule has 1 atom stereocenters. The molecule has 0 aliphatic carbocycles. The minimum Gasteiger partial charge on any atom is -0.339 e. The number of anilines is 1. The maximum absolute atomic E-state index is 12.3. The highest BCUT2D eigenvalue weighted by Gasteiger charge is 2.34. The van der Waals surface area contributed by atoms with Crippen LogP contribution in [0.3, 0.4) is 0 Å². The number of carbonyl (C=O) groups excluding carboxylic acids is 1. The molecule has 26 heavy (non-hydrogen) atoms. The van der Waals surface area contributed by atoms with Gasteiger partial charge in [-0.3, -0.25) is 4.79 Å². The Morgan fingerprint density at radius 3 is 2.27 bits per heavy atom. The molecule has 0 aliphatic heterocycles. The van der Waals surface area contributed by atoms with Crippen molar-refractivity contribution in [2.75, 3.05) is 5.32 Å². The van der Waals surface area contributed by atoms with Crippen LogP contribution in [-0.4, -0.2) is 21.0 Å². The van der Waals surface area contributed by atoms with E-state index in [1.54, 1.807) is 24.3 Å². The van der Waals surface area contributed by atoms with E-state index in [2.05, 4.69) is 16.0 Å². The lowest BCUT2D eigenvalue weighted by Crippen LogP contribution is -2.56. The Morgan fingerprint density at radius 1 is 1.04 bits per heavy atom. The van der Waals surface area contributed by atoms with Gasteiger partial charge < -0.3 is 16.0 Å². The third kappa shape index (κ3) is 6.02. The van der Waals surface area contributed by atoms with E-state index in [-0.39, 0.29) is 11.0 Å². The smallest absolute Gasteiger partial charge is 0.252 e. The molecular formula is C18H18Cl3N3OS. The van der Waals surface area contributed by atoms with Crippen LogP contribution in [0.5, 0.6) is 0 Å². The molecule has 0 saturated heterocycles. The zero-order chi connectivity index (χ0) is 19.3. The lowest BCUT2D eigenvalue weighted by atomic mass is 10.1. The molecule has 2 rings (SSSR count). The zero-order valence-electron chi connectivity index (χ0n) is 14.1. The summed E-state index contributed by atoms with van der Waals surface area (Å²) < 4.78 is -1.81. The molecule has 1 amide bonds. The number of alkyl halides is 3. The van der Waals surface area contributed by atoms with Gasteiger partial charge in [0.05, 0.1) is 0 Å². The molecule has 2 aromatic carbocycles. The molecular weight excluding hydrogens is 413 g/mol. The first-order chi connectivity index (χ1) is 12.2. The fourth-order valence-electron chi connectivity index (χ4n) is 2.25. The summed E-state index contributed by atoms with van der Waals surface area (Å²) in [6, 6.07) is 14.5. The van der Waals surface area contributed by atoms with Gasteiger partial charge in [0.25, 0.3) is 5.91 Å². The van der Waals surface area contributed by atoms with Crippen molar-refractivity contribution in [2.45, 2.75) is 23.8 Å². The number of hydrogen-bond donors (Lipinski definition) is 3. The van der Waals surface area contributed by atoms with Crippen LogP contribution in [0.2, 0.25) is 0 Å². The lowest BCUT2D eigenvalue weighted by Gasteiger charge is -2.28. The highest BCUT2D eigenvalue weighted by molar-refractivity contribution is 7.80. The van der Waals surface area contributed by atoms with Gasteiger partial charge in [-0.2, -0.15) is 0 Å². The number of hydrogen-bond acceptors (Lipinski definition) is 2. The summed E-state index contributed by atoms with van der Waals surface area (Å²) in [6.45, 7) is 3.97. The van der Waals surface area contributed by atoms with Crippen molar-refractivity contribution in [3.8, 4) is 0 Å². The van der Waals surface area contributed by atoms with E-state index >= 15 is 0 Å². The first-order valence-electron chi connectivity index (χ1n) is 7.74. The van der Waals surface area contributed by atoms with Crippen LogP contribution in [0.25, 0.3) is 0 Å². The molecule has 4 nitrogen and oxygen atoms in total. The Morgan fingerprint density at radius 2 is 1.69 bits per heavy atom. The SMILES string of the molecule is Cc1ccc(NC(=S)N[C@H](NC(=O)c2ccccc2)C(Cl)(Cl)Cl)c(C)c1. The first kappa shape index (κ1) is 20.8. The van der Waals surface area contributed by atoms with Crippen LogP contribution < -0.4 is 16.0 Å². The van der Waals surface area contributed by atoms with Crippen molar-refractivity contribution in [1.82, 2.24) is 10.6 Å². The van der Waals surface area contributed by atoms with Crippen LogP contribution in [0.15, 0.2) is 48.5 Å². The molecule has 3 N–H and O–H groups in total. The van der Waals surface area contributed by atoms with E-state index in [0.717, 1.165) is 16.8 Å². The second-order valence-corrected chi connectivity index (χ2v) is 8.51. The van der Waals surface area contributed by atoms with Crippen LogP contribution >= 0.6 is 47.0 Å². The van der Waals surface area contributed by atoms with Crippen molar-refractivity contribution < 1.29 is 4.79 Å². The third-order valence-corrected chi connectivity index (χ3v) is 4.42. The Hall–Kier alpha value is -1.53. The molecule has 0 saturated carbocycles. The van der Waals surface area contributed by atoms with Gasteiger partial charge in [-0.15, -0.1) is 0 Å². The van der Waals surface area contributed by atoms with Crippen molar-refractivity contribution in [1.29, 1.82) is 0 Å². The van der Waals surface area contributed by atoms with Gasteiger partial charge in [0.15, 0.2) is 5.11 Å². The van der Waals surface area contributed by atoms with E-state index in [1.165, 1.54) is 0 Å². The summed E-state index contributed by atoms with van der Waals surface area (Å²) in [5.74, 6) is -0.385. The summed E-state index contributed by atoms with van der Waals surface area (Å²) in [4.78, 5) is 12.3. The van der Waals surface area contributed by atoms with Crippen molar-refractivity contribution >= 4 is 63.7 Å².